The van der Waals surface area contributed by atoms with Crippen molar-refractivity contribution in [2.24, 2.45) is 5.92 Å². The highest BCUT2D eigenvalue weighted by molar-refractivity contribution is 5.87. The second-order valence-corrected chi connectivity index (χ2v) is 7.40. The average Bonchev–Trinajstić information content (AvgIpc) is 3.25. The lowest BCUT2D eigenvalue weighted by atomic mass is 9.87. The topological polar surface area (TPSA) is 57.6 Å². The van der Waals surface area contributed by atoms with Crippen molar-refractivity contribution in [3.05, 3.63) is 71.3 Å². The third kappa shape index (κ3) is 3.12. The minimum atomic E-state index is -0.943. The number of hydrogen-bond acceptors (Lipinski definition) is 2. The molecule has 4 heteroatoms. The van der Waals surface area contributed by atoms with Crippen LogP contribution in [0.5, 0.6) is 0 Å². The Hall–Kier alpha value is -2.62. The summed E-state index contributed by atoms with van der Waals surface area (Å²) in [4.78, 5) is 26.0. The van der Waals surface area contributed by atoms with Crippen LogP contribution in [0.4, 0.5) is 0 Å². The summed E-state index contributed by atoms with van der Waals surface area (Å²) in [7, 11) is 0. The maximum atomic E-state index is 13.0. The molecule has 1 saturated heterocycles. The van der Waals surface area contributed by atoms with Crippen LogP contribution < -0.4 is 0 Å². The van der Waals surface area contributed by atoms with Crippen molar-refractivity contribution >= 4 is 11.9 Å². The van der Waals surface area contributed by atoms with E-state index in [1.54, 1.807) is 24.3 Å². The molecule has 2 aromatic carbocycles. The van der Waals surface area contributed by atoms with E-state index < -0.39 is 5.97 Å². The zero-order valence-corrected chi connectivity index (χ0v) is 14.7. The van der Waals surface area contributed by atoms with Crippen LogP contribution in [-0.2, 0) is 11.2 Å². The zero-order valence-electron chi connectivity index (χ0n) is 14.7. The van der Waals surface area contributed by atoms with Gasteiger partial charge in [0.2, 0.25) is 5.91 Å². The number of carbonyl (C=O) groups is 2. The molecular weight excluding hydrogens is 326 g/mol. The largest absolute Gasteiger partial charge is 0.478 e. The molecule has 134 valence electrons. The third-order valence-electron chi connectivity index (χ3n) is 5.95. The summed E-state index contributed by atoms with van der Waals surface area (Å²) in [5.41, 5.74) is 2.46. The molecule has 26 heavy (non-hydrogen) atoms. The van der Waals surface area contributed by atoms with Gasteiger partial charge in [0.15, 0.2) is 0 Å². The number of carboxylic acids is 1. The van der Waals surface area contributed by atoms with Crippen molar-refractivity contribution in [3.8, 4) is 0 Å². The molecule has 1 aliphatic carbocycles. The average molecular weight is 349 g/mol. The Kier molecular flexibility index (Phi) is 4.49. The van der Waals surface area contributed by atoms with Crippen molar-refractivity contribution in [1.82, 2.24) is 4.90 Å². The molecule has 1 aliphatic heterocycles. The number of likely N-dealkylation sites (tertiary alicyclic amines) is 1. The highest BCUT2D eigenvalue weighted by Crippen LogP contribution is 2.46. The van der Waals surface area contributed by atoms with Crippen molar-refractivity contribution in [2.45, 2.75) is 37.6 Å². The lowest BCUT2D eigenvalue weighted by molar-refractivity contribution is -0.131. The smallest absolute Gasteiger partial charge is 0.335 e. The van der Waals surface area contributed by atoms with Crippen LogP contribution in [0.1, 0.15) is 46.7 Å². The molecule has 1 N–H and O–H groups in total. The maximum Gasteiger partial charge on any atom is 0.335 e. The Bertz CT molecular complexity index is 800. The van der Waals surface area contributed by atoms with Crippen molar-refractivity contribution in [3.63, 3.8) is 0 Å². The number of rotatable bonds is 4. The molecule has 2 fully saturated rings. The predicted octanol–water partition coefficient (Wildman–Crippen LogP) is 3.72. The molecule has 3 atom stereocenters. The molecule has 3 unspecified atom stereocenters. The van der Waals surface area contributed by atoms with Gasteiger partial charge in [0.25, 0.3) is 0 Å². The quantitative estimate of drug-likeness (QED) is 0.915. The van der Waals surface area contributed by atoms with E-state index in [0.29, 0.717) is 24.3 Å². The van der Waals surface area contributed by atoms with Crippen LogP contribution in [0.15, 0.2) is 54.6 Å². The van der Waals surface area contributed by atoms with Crippen molar-refractivity contribution < 1.29 is 14.7 Å². The first kappa shape index (κ1) is 16.8. The third-order valence-corrected chi connectivity index (χ3v) is 5.95. The van der Waals surface area contributed by atoms with Crippen LogP contribution in [0, 0.1) is 5.92 Å². The summed E-state index contributed by atoms with van der Waals surface area (Å²) < 4.78 is 0. The van der Waals surface area contributed by atoms with Crippen molar-refractivity contribution in [1.29, 1.82) is 0 Å². The Balaban J connectivity index is 1.50. The van der Waals surface area contributed by atoms with Crippen LogP contribution in [0.25, 0.3) is 0 Å². The molecule has 1 amide bonds. The lowest BCUT2D eigenvalue weighted by Gasteiger charge is -2.23. The molecule has 4 rings (SSSR count). The summed E-state index contributed by atoms with van der Waals surface area (Å²) in [6, 6.07) is 17.5. The molecule has 0 radical (unpaired) electrons. The molecule has 1 heterocycles. The van der Waals surface area contributed by atoms with Gasteiger partial charge in [-0.05, 0) is 42.0 Å². The molecule has 2 aromatic rings. The fraction of sp³-hybridized carbons (Fsp3) is 0.364. The van der Waals surface area contributed by atoms with Crippen molar-refractivity contribution in [2.75, 3.05) is 6.54 Å². The molecule has 2 aliphatic rings. The van der Waals surface area contributed by atoms with E-state index in [-0.39, 0.29) is 11.5 Å². The Labute approximate surface area is 153 Å². The fourth-order valence-electron chi connectivity index (χ4n) is 4.69. The Morgan fingerprint density at radius 3 is 2.42 bits per heavy atom. The van der Waals surface area contributed by atoms with E-state index >= 15 is 0 Å². The SMILES string of the molecule is O=C(O)c1ccc(CC(=O)N2CC(c3ccccc3)C3CCCC32)cc1. The van der Waals surface area contributed by atoms with Crippen LogP contribution in [-0.4, -0.2) is 34.5 Å². The lowest BCUT2D eigenvalue weighted by Crippen LogP contribution is -2.37. The van der Waals surface area contributed by atoms with E-state index in [0.717, 1.165) is 18.5 Å². The van der Waals surface area contributed by atoms with Crippen LogP contribution in [0.3, 0.4) is 0 Å². The van der Waals surface area contributed by atoms with Gasteiger partial charge in [-0.3, -0.25) is 4.79 Å². The first-order valence-corrected chi connectivity index (χ1v) is 9.30. The van der Waals surface area contributed by atoms with Crippen LogP contribution in [0.2, 0.25) is 0 Å². The van der Waals surface area contributed by atoms with Gasteiger partial charge in [0.1, 0.15) is 0 Å². The Morgan fingerprint density at radius 1 is 1.00 bits per heavy atom. The van der Waals surface area contributed by atoms with Gasteiger partial charge in [-0.1, -0.05) is 48.9 Å². The molecule has 0 aromatic heterocycles. The molecule has 4 nitrogen and oxygen atoms in total. The molecule has 0 spiro atoms. The normalized spacial score (nSPS) is 24.5. The Morgan fingerprint density at radius 2 is 1.73 bits per heavy atom. The highest BCUT2D eigenvalue weighted by Gasteiger charge is 2.46. The van der Waals surface area contributed by atoms with E-state index in [2.05, 4.69) is 29.2 Å². The van der Waals surface area contributed by atoms with Gasteiger partial charge in [-0.2, -0.15) is 0 Å². The fourth-order valence-corrected chi connectivity index (χ4v) is 4.69. The van der Waals surface area contributed by atoms with Crippen LogP contribution >= 0.6 is 0 Å². The second-order valence-electron chi connectivity index (χ2n) is 7.40. The van der Waals surface area contributed by atoms with Gasteiger partial charge in [0, 0.05) is 18.5 Å². The summed E-state index contributed by atoms with van der Waals surface area (Å²) in [6.45, 7) is 0.797. The van der Waals surface area contributed by atoms with Gasteiger partial charge < -0.3 is 10.0 Å². The van der Waals surface area contributed by atoms with E-state index in [1.165, 1.54) is 18.4 Å². The maximum absolute atomic E-state index is 13.0. The molecule has 0 bridgehead atoms. The van der Waals surface area contributed by atoms with E-state index in [1.807, 2.05) is 6.07 Å². The number of benzene rings is 2. The number of fused-ring (bicyclic) bond motifs is 1. The first-order valence-electron chi connectivity index (χ1n) is 9.30. The number of hydrogen-bond donors (Lipinski definition) is 1. The number of carboxylic acid groups (broad SMARTS) is 1. The van der Waals surface area contributed by atoms with Gasteiger partial charge in [-0.25, -0.2) is 4.79 Å². The standard InChI is InChI=1S/C22H23NO3/c24-21(13-15-9-11-17(12-10-15)22(25)26)23-14-19(16-5-2-1-3-6-16)18-7-4-8-20(18)23/h1-3,5-6,9-12,18-20H,4,7-8,13-14H2,(H,25,26). The first-order chi connectivity index (χ1) is 12.6. The second kappa shape index (κ2) is 6.94. The van der Waals surface area contributed by atoms with Gasteiger partial charge in [0.05, 0.1) is 12.0 Å². The summed E-state index contributed by atoms with van der Waals surface area (Å²) in [6.07, 6.45) is 3.82. The van der Waals surface area contributed by atoms with Gasteiger partial charge >= 0.3 is 5.97 Å². The predicted molar refractivity (Wildman–Crippen MR) is 99.1 cm³/mol. The van der Waals surface area contributed by atoms with E-state index in [9.17, 15) is 9.59 Å². The monoisotopic (exact) mass is 349 g/mol. The number of amides is 1. The highest BCUT2D eigenvalue weighted by atomic mass is 16.4. The number of aromatic carboxylic acids is 1. The number of carbonyl (C=O) groups excluding carboxylic acids is 1. The molecular formula is C22H23NO3. The summed E-state index contributed by atoms with van der Waals surface area (Å²) in [5.74, 6) is 0.211. The minimum Gasteiger partial charge on any atom is -0.478 e. The summed E-state index contributed by atoms with van der Waals surface area (Å²) in [5, 5.41) is 9.00. The zero-order chi connectivity index (χ0) is 18.1. The molecule has 1 saturated carbocycles. The van der Waals surface area contributed by atoms with Gasteiger partial charge in [-0.15, -0.1) is 0 Å². The summed E-state index contributed by atoms with van der Waals surface area (Å²) >= 11 is 0. The van der Waals surface area contributed by atoms with E-state index in [4.69, 9.17) is 5.11 Å². The number of nitrogens with zero attached hydrogens (tertiary/aromatic N) is 1. The minimum absolute atomic E-state index is 0.156.